The number of hydrogen-bond acceptors (Lipinski definition) is 4. The minimum Gasteiger partial charge on any atom is -0.269 e. The highest BCUT2D eigenvalue weighted by Gasteiger charge is 2.20. The fourth-order valence-corrected chi connectivity index (χ4v) is 3.55. The van der Waals surface area contributed by atoms with Crippen molar-refractivity contribution in [1.29, 1.82) is 0 Å². The van der Waals surface area contributed by atoms with Gasteiger partial charge in [0.15, 0.2) is 10.8 Å². The second-order valence-electron chi connectivity index (χ2n) is 5.85. The zero-order valence-corrected chi connectivity index (χ0v) is 16.1. The van der Waals surface area contributed by atoms with E-state index in [1.165, 1.54) is 30.0 Å². The molecule has 2 heterocycles. The smallest absolute Gasteiger partial charge is 0.256 e. The molecule has 0 atom stereocenters. The first-order valence-electron chi connectivity index (χ1n) is 8.18. The van der Waals surface area contributed by atoms with E-state index in [0.29, 0.717) is 26.8 Å². The van der Waals surface area contributed by atoms with Crippen molar-refractivity contribution in [2.75, 3.05) is 6.26 Å². The van der Waals surface area contributed by atoms with Gasteiger partial charge in [0.1, 0.15) is 17.3 Å². The Bertz CT molecular complexity index is 1260. The summed E-state index contributed by atoms with van der Waals surface area (Å²) in [5, 5.41) is 1.26. The van der Waals surface area contributed by atoms with E-state index < -0.39 is 22.9 Å². The van der Waals surface area contributed by atoms with Gasteiger partial charge >= 0.3 is 0 Å². The van der Waals surface area contributed by atoms with Crippen LogP contribution in [0.15, 0.2) is 64.5 Å². The van der Waals surface area contributed by atoms with E-state index in [4.69, 9.17) is 11.6 Å². The minimum atomic E-state index is -0.863. The van der Waals surface area contributed by atoms with Gasteiger partial charge in [-0.15, -0.1) is 0 Å². The molecule has 0 fully saturated rings. The first kappa shape index (κ1) is 18.6. The molecule has 0 saturated heterocycles. The van der Waals surface area contributed by atoms with Crippen LogP contribution >= 0.6 is 23.4 Å². The van der Waals surface area contributed by atoms with Gasteiger partial charge in [0, 0.05) is 22.0 Å². The number of thioether (sulfide) groups is 1. The molecular formula is C20H12ClF2N3OS. The van der Waals surface area contributed by atoms with E-state index in [9.17, 15) is 13.6 Å². The lowest BCUT2D eigenvalue weighted by Crippen LogP contribution is -2.21. The third kappa shape index (κ3) is 3.06. The molecule has 140 valence electrons. The number of pyridine rings is 1. The Morgan fingerprint density at radius 3 is 2.36 bits per heavy atom. The highest BCUT2D eigenvalue weighted by Crippen LogP contribution is 2.33. The van der Waals surface area contributed by atoms with E-state index in [-0.39, 0.29) is 5.65 Å². The molecular weight excluding hydrogens is 404 g/mol. The molecule has 0 aliphatic rings. The molecule has 0 aliphatic heterocycles. The molecule has 0 bridgehead atoms. The highest BCUT2D eigenvalue weighted by molar-refractivity contribution is 7.98. The van der Waals surface area contributed by atoms with Gasteiger partial charge < -0.3 is 0 Å². The van der Waals surface area contributed by atoms with Crippen LogP contribution in [0.3, 0.4) is 0 Å². The Labute approximate surface area is 167 Å². The van der Waals surface area contributed by atoms with Crippen LogP contribution in [0, 0.1) is 11.6 Å². The fourth-order valence-electron chi connectivity index (χ4n) is 2.96. The Morgan fingerprint density at radius 2 is 1.68 bits per heavy atom. The third-order valence-corrected chi connectivity index (χ3v) is 5.08. The number of aromatic nitrogens is 3. The lowest BCUT2D eigenvalue weighted by atomic mass is 10.1. The van der Waals surface area contributed by atoms with Gasteiger partial charge in [0.2, 0.25) is 0 Å². The van der Waals surface area contributed by atoms with Gasteiger partial charge in [-0.3, -0.25) is 9.36 Å². The lowest BCUT2D eigenvalue weighted by molar-refractivity contribution is 0.568. The normalized spacial score (nSPS) is 11.1. The number of nitrogens with zero attached hydrogens (tertiary/aromatic N) is 3. The Kier molecular flexibility index (Phi) is 4.87. The second-order valence-corrected chi connectivity index (χ2v) is 7.03. The molecule has 4 nitrogen and oxygen atoms in total. The molecule has 8 heteroatoms. The van der Waals surface area contributed by atoms with Crippen molar-refractivity contribution < 1.29 is 8.78 Å². The summed E-state index contributed by atoms with van der Waals surface area (Å²) in [4.78, 5) is 21.5. The number of halogens is 3. The van der Waals surface area contributed by atoms with Crippen molar-refractivity contribution in [3.63, 3.8) is 0 Å². The summed E-state index contributed by atoms with van der Waals surface area (Å²) >= 11 is 7.59. The first-order valence-corrected chi connectivity index (χ1v) is 9.78. The Morgan fingerprint density at radius 1 is 0.964 bits per heavy atom. The van der Waals surface area contributed by atoms with Crippen molar-refractivity contribution in [3.05, 3.63) is 81.6 Å². The van der Waals surface area contributed by atoms with E-state index in [1.807, 2.05) is 0 Å². The highest BCUT2D eigenvalue weighted by atomic mass is 35.5. The SMILES string of the molecule is CSc1nc(-c2ccccc2Cl)c2ccc(=O)n(-c3c(F)cccc3F)c2n1. The molecule has 4 rings (SSSR count). The number of fused-ring (bicyclic) bond motifs is 1. The largest absolute Gasteiger partial charge is 0.269 e. The topological polar surface area (TPSA) is 47.8 Å². The summed E-state index contributed by atoms with van der Waals surface area (Å²) < 4.78 is 29.8. The van der Waals surface area contributed by atoms with Crippen molar-refractivity contribution in [2.24, 2.45) is 0 Å². The Balaban J connectivity index is 2.17. The number of benzene rings is 2. The third-order valence-electron chi connectivity index (χ3n) is 4.20. The molecule has 28 heavy (non-hydrogen) atoms. The molecule has 0 amide bonds. The number of para-hydroxylation sites is 1. The van der Waals surface area contributed by atoms with Gasteiger partial charge in [0.05, 0.1) is 5.69 Å². The van der Waals surface area contributed by atoms with Gasteiger partial charge in [-0.1, -0.05) is 47.6 Å². The predicted molar refractivity (Wildman–Crippen MR) is 107 cm³/mol. The average molecular weight is 416 g/mol. The molecule has 2 aromatic heterocycles. The summed E-state index contributed by atoms with van der Waals surface area (Å²) in [5.74, 6) is -1.73. The minimum absolute atomic E-state index is 0.103. The predicted octanol–water partition coefficient (Wildman–Crippen LogP) is 5.10. The maximum atomic E-state index is 14.4. The molecule has 0 spiro atoms. The van der Waals surface area contributed by atoms with Crippen LogP contribution < -0.4 is 5.56 Å². The van der Waals surface area contributed by atoms with Crippen molar-refractivity contribution >= 4 is 34.4 Å². The van der Waals surface area contributed by atoms with Gasteiger partial charge in [0.25, 0.3) is 5.56 Å². The standard InChI is InChI=1S/C20H12ClF2N3OS/c1-28-20-24-17(11-5-2-3-6-13(11)21)12-9-10-16(27)26(19(12)25-20)18-14(22)7-4-8-15(18)23/h2-10H,1H3. The van der Waals surface area contributed by atoms with E-state index in [0.717, 1.165) is 16.7 Å². The van der Waals surface area contributed by atoms with Crippen LogP contribution in [0.5, 0.6) is 0 Å². The first-order chi connectivity index (χ1) is 13.5. The van der Waals surface area contributed by atoms with Crippen LogP contribution in [-0.4, -0.2) is 20.8 Å². The molecule has 2 aromatic carbocycles. The molecule has 0 saturated carbocycles. The molecule has 0 unspecified atom stereocenters. The summed E-state index contributed by atoms with van der Waals surface area (Å²) in [6, 6.07) is 13.3. The zero-order valence-electron chi connectivity index (χ0n) is 14.5. The van der Waals surface area contributed by atoms with E-state index >= 15 is 0 Å². The molecule has 0 radical (unpaired) electrons. The summed E-state index contributed by atoms with van der Waals surface area (Å²) in [6.45, 7) is 0. The summed E-state index contributed by atoms with van der Waals surface area (Å²) in [5.41, 5.74) is 0.128. The van der Waals surface area contributed by atoms with Gasteiger partial charge in [-0.2, -0.15) is 0 Å². The van der Waals surface area contributed by atoms with Gasteiger partial charge in [-0.25, -0.2) is 18.7 Å². The second kappa shape index (κ2) is 7.33. The monoisotopic (exact) mass is 415 g/mol. The zero-order chi connectivity index (χ0) is 19.8. The van der Waals surface area contributed by atoms with E-state index in [2.05, 4.69) is 9.97 Å². The molecule has 0 aliphatic carbocycles. The van der Waals surface area contributed by atoms with Crippen molar-refractivity contribution in [3.8, 4) is 16.9 Å². The van der Waals surface area contributed by atoms with Crippen LogP contribution in [0.1, 0.15) is 0 Å². The van der Waals surface area contributed by atoms with E-state index in [1.54, 1.807) is 30.5 Å². The maximum Gasteiger partial charge on any atom is 0.256 e. The lowest BCUT2D eigenvalue weighted by Gasteiger charge is -2.14. The van der Waals surface area contributed by atoms with Crippen LogP contribution in [0.25, 0.3) is 28.0 Å². The molecule has 0 N–H and O–H groups in total. The number of rotatable bonds is 3. The van der Waals surface area contributed by atoms with Crippen LogP contribution in [0.4, 0.5) is 8.78 Å². The van der Waals surface area contributed by atoms with Crippen LogP contribution in [0.2, 0.25) is 5.02 Å². The van der Waals surface area contributed by atoms with Crippen molar-refractivity contribution in [2.45, 2.75) is 5.16 Å². The van der Waals surface area contributed by atoms with Gasteiger partial charge in [-0.05, 0) is 30.5 Å². The summed E-state index contributed by atoms with van der Waals surface area (Å²) in [6.07, 6.45) is 1.77. The summed E-state index contributed by atoms with van der Waals surface area (Å²) in [7, 11) is 0. The average Bonchev–Trinajstić information content (AvgIpc) is 2.69. The quantitative estimate of drug-likeness (QED) is 0.345. The molecule has 4 aromatic rings. The number of hydrogen-bond donors (Lipinski definition) is 0. The Hall–Kier alpha value is -2.77. The van der Waals surface area contributed by atoms with Crippen LogP contribution in [-0.2, 0) is 0 Å². The van der Waals surface area contributed by atoms with Crippen molar-refractivity contribution in [1.82, 2.24) is 14.5 Å². The maximum absolute atomic E-state index is 14.4. The fraction of sp³-hybridized carbons (Fsp3) is 0.0500.